The van der Waals surface area contributed by atoms with Crippen molar-refractivity contribution in [1.82, 2.24) is 10.1 Å². The molecule has 2 N–H and O–H groups in total. The Morgan fingerprint density at radius 2 is 2.25 bits per heavy atom. The summed E-state index contributed by atoms with van der Waals surface area (Å²) in [6, 6.07) is 5.56. The third kappa shape index (κ3) is 2.94. The Hall–Kier alpha value is -1.59. The molecule has 6 heteroatoms. The maximum atomic E-state index is 6.16. The van der Waals surface area contributed by atoms with Gasteiger partial charge in [-0.05, 0) is 37.9 Å². The second kappa shape index (κ2) is 5.81. The second-order valence-corrected chi connectivity index (χ2v) is 5.27. The van der Waals surface area contributed by atoms with Crippen molar-refractivity contribution < 1.29 is 9.26 Å². The van der Waals surface area contributed by atoms with Crippen molar-refractivity contribution in [2.45, 2.75) is 31.8 Å². The Bertz CT molecular complexity index is 596. The van der Waals surface area contributed by atoms with Crippen LogP contribution >= 0.6 is 11.6 Å². The van der Waals surface area contributed by atoms with E-state index in [4.69, 9.17) is 26.6 Å². The fraction of sp³-hybridized carbons (Fsp3) is 0.429. The summed E-state index contributed by atoms with van der Waals surface area (Å²) < 4.78 is 10.9. The van der Waals surface area contributed by atoms with Crippen molar-refractivity contribution in [2.75, 3.05) is 6.54 Å². The Morgan fingerprint density at radius 1 is 1.40 bits per heavy atom. The predicted molar refractivity (Wildman–Crippen MR) is 74.8 cm³/mol. The van der Waals surface area contributed by atoms with Gasteiger partial charge in [0.1, 0.15) is 5.75 Å². The predicted octanol–water partition coefficient (Wildman–Crippen LogP) is 2.68. The molecule has 0 saturated heterocycles. The average Bonchev–Trinajstić information content (AvgIpc) is 3.19. The van der Waals surface area contributed by atoms with E-state index in [1.807, 2.05) is 18.2 Å². The minimum Gasteiger partial charge on any atom is -0.485 e. The fourth-order valence-electron chi connectivity index (χ4n) is 2.03. The monoisotopic (exact) mass is 293 g/mol. The number of ether oxygens (including phenoxy) is 1. The molecule has 1 aromatic carbocycles. The molecule has 0 amide bonds. The number of rotatable bonds is 6. The minimum absolute atomic E-state index is 0.272. The third-order valence-corrected chi connectivity index (χ3v) is 3.59. The number of nitrogens with zero attached hydrogens (tertiary/aromatic N) is 2. The van der Waals surface area contributed by atoms with Gasteiger partial charge in [0.15, 0.2) is 6.61 Å². The van der Waals surface area contributed by atoms with Gasteiger partial charge in [-0.2, -0.15) is 4.98 Å². The molecule has 2 aromatic rings. The summed E-state index contributed by atoms with van der Waals surface area (Å²) in [5, 5.41) is 4.59. The van der Waals surface area contributed by atoms with Gasteiger partial charge in [-0.25, -0.2) is 0 Å². The summed E-state index contributed by atoms with van der Waals surface area (Å²) in [5.74, 6) is 2.46. The molecule has 106 valence electrons. The molecule has 1 saturated carbocycles. The summed E-state index contributed by atoms with van der Waals surface area (Å²) in [7, 11) is 0. The van der Waals surface area contributed by atoms with Crippen LogP contribution in [0.15, 0.2) is 22.7 Å². The van der Waals surface area contributed by atoms with Crippen LogP contribution in [0.5, 0.6) is 5.75 Å². The zero-order chi connectivity index (χ0) is 13.9. The van der Waals surface area contributed by atoms with Gasteiger partial charge in [-0.15, -0.1) is 0 Å². The van der Waals surface area contributed by atoms with E-state index in [2.05, 4.69) is 10.1 Å². The molecule has 5 nitrogen and oxygen atoms in total. The van der Waals surface area contributed by atoms with E-state index >= 15 is 0 Å². The summed E-state index contributed by atoms with van der Waals surface area (Å²) >= 11 is 6.16. The number of hydrogen-bond donors (Lipinski definition) is 1. The van der Waals surface area contributed by atoms with Crippen LogP contribution in [0.25, 0.3) is 0 Å². The van der Waals surface area contributed by atoms with Crippen LogP contribution < -0.4 is 10.5 Å². The molecule has 1 aliphatic carbocycles. The summed E-state index contributed by atoms with van der Waals surface area (Å²) in [6.07, 6.45) is 2.95. The quantitative estimate of drug-likeness (QED) is 0.886. The highest BCUT2D eigenvalue weighted by atomic mass is 35.5. The molecule has 20 heavy (non-hydrogen) atoms. The van der Waals surface area contributed by atoms with E-state index in [9.17, 15) is 0 Å². The zero-order valence-electron chi connectivity index (χ0n) is 11.0. The summed E-state index contributed by atoms with van der Waals surface area (Å²) in [5.41, 5.74) is 6.51. The second-order valence-electron chi connectivity index (χ2n) is 4.87. The average molecular weight is 294 g/mol. The molecule has 1 heterocycles. The largest absolute Gasteiger partial charge is 0.485 e. The molecule has 1 fully saturated rings. The lowest BCUT2D eigenvalue weighted by molar-refractivity contribution is 0.282. The van der Waals surface area contributed by atoms with Crippen LogP contribution in [0.2, 0.25) is 5.02 Å². The minimum atomic E-state index is 0.272. The van der Waals surface area contributed by atoms with E-state index < -0.39 is 0 Å². The van der Waals surface area contributed by atoms with Gasteiger partial charge >= 0.3 is 0 Å². The van der Waals surface area contributed by atoms with Gasteiger partial charge in [0.25, 0.3) is 0 Å². The highest BCUT2D eigenvalue weighted by Gasteiger charge is 2.29. The number of hydrogen-bond acceptors (Lipinski definition) is 5. The lowest BCUT2D eigenvalue weighted by Crippen LogP contribution is -2.06. The number of benzene rings is 1. The van der Waals surface area contributed by atoms with Crippen LogP contribution in [0.3, 0.4) is 0 Å². The van der Waals surface area contributed by atoms with Gasteiger partial charge in [0, 0.05) is 16.5 Å². The summed E-state index contributed by atoms with van der Waals surface area (Å²) in [4.78, 5) is 4.32. The highest BCUT2D eigenvalue weighted by Crippen LogP contribution is 2.38. The van der Waals surface area contributed by atoms with Gasteiger partial charge in [0.05, 0.1) is 0 Å². The Labute approximate surface area is 122 Å². The van der Waals surface area contributed by atoms with Crippen molar-refractivity contribution in [2.24, 2.45) is 5.73 Å². The first-order valence-electron chi connectivity index (χ1n) is 6.70. The molecular formula is C14H16ClN3O2. The van der Waals surface area contributed by atoms with Gasteiger partial charge < -0.3 is 15.0 Å². The van der Waals surface area contributed by atoms with Gasteiger partial charge in [0.2, 0.25) is 11.7 Å². The van der Waals surface area contributed by atoms with E-state index in [-0.39, 0.29) is 6.61 Å². The van der Waals surface area contributed by atoms with Crippen molar-refractivity contribution in [3.05, 3.63) is 40.5 Å². The van der Waals surface area contributed by atoms with Gasteiger partial charge in [-0.1, -0.05) is 22.8 Å². The first kappa shape index (κ1) is 13.4. The number of halogens is 1. The number of aromatic nitrogens is 2. The molecule has 0 aliphatic heterocycles. The fourth-order valence-corrected chi connectivity index (χ4v) is 2.29. The molecule has 1 aromatic heterocycles. The van der Waals surface area contributed by atoms with E-state index in [0.29, 0.717) is 29.7 Å². The van der Waals surface area contributed by atoms with Crippen molar-refractivity contribution in [3.63, 3.8) is 0 Å². The highest BCUT2D eigenvalue weighted by molar-refractivity contribution is 6.31. The maximum absolute atomic E-state index is 6.16. The third-order valence-electron chi connectivity index (χ3n) is 3.24. The topological polar surface area (TPSA) is 74.2 Å². The smallest absolute Gasteiger partial charge is 0.229 e. The van der Waals surface area contributed by atoms with Crippen LogP contribution in [0, 0.1) is 0 Å². The van der Waals surface area contributed by atoms with Crippen LogP contribution in [-0.4, -0.2) is 16.7 Å². The van der Waals surface area contributed by atoms with E-state index in [1.54, 1.807) is 0 Å². The molecule has 0 unspecified atom stereocenters. The summed E-state index contributed by atoms with van der Waals surface area (Å²) in [6.45, 7) is 0.794. The van der Waals surface area contributed by atoms with Crippen molar-refractivity contribution >= 4 is 11.6 Å². The van der Waals surface area contributed by atoms with Crippen molar-refractivity contribution in [3.8, 4) is 5.75 Å². The first-order chi connectivity index (χ1) is 9.78. The Balaban J connectivity index is 1.69. The molecular weight excluding hydrogens is 278 g/mol. The number of nitrogens with two attached hydrogens (primary N) is 1. The normalized spacial score (nSPS) is 14.5. The molecule has 3 rings (SSSR count). The zero-order valence-corrected chi connectivity index (χ0v) is 11.8. The Kier molecular flexibility index (Phi) is 3.89. The van der Waals surface area contributed by atoms with Crippen molar-refractivity contribution in [1.29, 1.82) is 0 Å². The molecule has 0 atom stereocenters. The molecule has 0 spiro atoms. The van der Waals surface area contributed by atoms with E-state index in [1.165, 1.54) is 0 Å². The molecule has 0 radical (unpaired) electrons. The SMILES string of the molecule is NCCc1c(Cl)cccc1OCc1noc(C2CC2)n1. The standard InChI is InChI=1S/C14H16ClN3O2/c15-11-2-1-3-12(10(11)6-7-16)19-8-13-17-14(20-18-13)9-4-5-9/h1-3,9H,4-8,16H2. The van der Waals surface area contributed by atoms with Crippen LogP contribution in [-0.2, 0) is 13.0 Å². The first-order valence-corrected chi connectivity index (χ1v) is 7.08. The lowest BCUT2D eigenvalue weighted by atomic mass is 10.1. The van der Waals surface area contributed by atoms with Crippen LogP contribution in [0.1, 0.15) is 36.0 Å². The maximum Gasteiger partial charge on any atom is 0.229 e. The Morgan fingerprint density at radius 3 is 3.00 bits per heavy atom. The molecule has 0 bridgehead atoms. The van der Waals surface area contributed by atoms with E-state index in [0.717, 1.165) is 30.0 Å². The molecule has 1 aliphatic rings. The van der Waals surface area contributed by atoms with Gasteiger partial charge in [-0.3, -0.25) is 0 Å². The van der Waals surface area contributed by atoms with Crippen LogP contribution in [0.4, 0.5) is 0 Å². The lowest BCUT2D eigenvalue weighted by Gasteiger charge is -2.10.